The molecule has 150 valence electrons. The lowest BCUT2D eigenvalue weighted by Crippen LogP contribution is -2.27. The lowest BCUT2D eigenvalue weighted by molar-refractivity contribution is -0.123. The molecule has 0 radical (unpaired) electrons. The summed E-state index contributed by atoms with van der Waals surface area (Å²) < 4.78 is 0. The molecule has 8 heteroatoms. The third-order valence-corrected chi connectivity index (χ3v) is 5.01. The van der Waals surface area contributed by atoms with Crippen LogP contribution in [0.25, 0.3) is 0 Å². The first-order valence-corrected chi connectivity index (χ1v) is 10.1. The summed E-state index contributed by atoms with van der Waals surface area (Å²) in [7, 11) is 0. The van der Waals surface area contributed by atoms with Gasteiger partial charge in [-0.2, -0.15) is 5.10 Å². The summed E-state index contributed by atoms with van der Waals surface area (Å²) in [5.41, 5.74) is 2.54. The number of rotatable bonds is 6. The highest BCUT2D eigenvalue weighted by atomic mass is 32.2. The zero-order valence-corrected chi connectivity index (χ0v) is 17.3. The number of hydrogen-bond donors (Lipinski definition) is 3. The Hall–Kier alpha value is -3.13. The molecule has 1 heterocycles. The Kier molecular flexibility index (Phi) is 6.33. The number of amides is 2. The molecule has 0 saturated heterocycles. The van der Waals surface area contributed by atoms with Gasteiger partial charge in [-0.1, -0.05) is 44.7 Å². The molecule has 0 saturated carbocycles. The fourth-order valence-corrected chi connectivity index (χ4v) is 3.06. The van der Waals surface area contributed by atoms with E-state index in [1.54, 1.807) is 48.2 Å². The number of carbonyl (C=O) groups excluding carboxylic acids is 2. The van der Waals surface area contributed by atoms with Gasteiger partial charge in [-0.3, -0.25) is 14.7 Å². The number of hydrogen-bond acceptors (Lipinski definition) is 5. The van der Waals surface area contributed by atoms with Gasteiger partial charge in [0.1, 0.15) is 6.33 Å². The maximum absolute atomic E-state index is 12.5. The smallest absolute Gasteiger partial charge is 0.255 e. The van der Waals surface area contributed by atoms with Gasteiger partial charge in [-0.25, -0.2) is 4.98 Å². The Morgan fingerprint density at radius 3 is 2.14 bits per heavy atom. The van der Waals surface area contributed by atoms with Crippen molar-refractivity contribution in [2.45, 2.75) is 31.7 Å². The second-order valence-electron chi connectivity index (χ2n) is 7.51. The van der Waals surface area contributed by atoms with Gasteiger partial charge < -0.3 is 10.6 Å². The van der Waals surface area contributed by atoms with Crippen LogP contribution >= 0.6 is 11.8 Å². The minimum absolute atomic E-state index is 0.0594. The van der Waals surface area contributed by atoms with Crippen molar-refractivity contribution >= 4 is 35.0 Å². The van der Waals surface area contributed by atoms with E-state index in [0.29, 0.717) is 16.9 Å². The highest BCUT2D eigenvalue weighted by Crippen LogP contribution is 2.21. The van der Waals surface area contributed by atoms with E-state index in [0.717, 1.165) is 16.5 Å². The highest BCUT2D eigenvalue weighted by Gasteiger charge is 2.21. The summed E-state index contributed by atoms with van der Waals surface area (Å²) in [6, 6.07) is 14.5. The van der Waals surface area contributed by atoms with E-state index in [4.69, 9.17) is 0 Å². The molecular weight excluding hydrogens is 386 g/mol. The maximum Gasteiger partial charge on any atom is 0.255 e. The van der Waals surface area contributed by atoms with Crippen LogP contribution in [-0.2, 0) is 10.5 Å². The number of H-pyrrole nitrogens is 1. The first kappa shape index (κ1) is 20.6. The van der Waals surface area contributed by atoms with Gasteiger partial charge in [-0.05, 0) is 42.0 Å². The van der Waals surface area contributed by atoms with Crippen molar-refractivity contribution in [3.05, 3.63) is 66.0 Å². The van der Waals surface area contributed by atoms with Gasteiger partial charge in [0.05, 0.1) is 0 Å². The van der Waals surface area contributed by atoms with Crippen molar-refractivity contribution in [3.63, 3.8) is 0 Å². The van der Waals surface area contributed by atoms with E-state index in [1.807, 2.05) is 32.9 Å². The van der Waals surface area contributed by atoms with Crippen LogP contribution in [-0.4, -0.2) is 27.0 Å². The molecule has 0 bridgehead atoms. The van der Waals surface area contributed by atoms with E-state index in [1.165, 1.54) is 6.33 Å². The first-order chi connectivity index (χ1) is 13.8. The lowest BCUT2D eigenvalue weighted by atomic mass is 9.95. The second-order valence-corrected chi connectivity index (χ2v) is 8.48. The Labute approximate surface area is 173 Å². The molecule has 0 fully saturated rings. The number of thioether (sulfide) groups is 1. The third-order valence-electron chi connectivity index (χ3n) is 4.07. The van der Waals surface area contributed by atoms with Crippen molar-refractivity contribution in [1.29, 1.82) is 0 Å². The normalized spacial score (nSPS) is 11.1. The van der Waals surface area contributed by atoms with E-state index < -0.39 is 5.41 Å². The molecule has 2 aromatic carbocycles. The van der Waals surface area contributed by atoms with Crippen molar-refractivity contribution in [3.8, 4) is 0 Å². The van der Waals surface area contributed by atoms with Gasteiger partial charge in [0.15, 0.2) is 5.16 Å². The van der Waals surface area contributed by atoms with Gasteiger partial charge in [0, 0.05) is 28.1 Å². The third kappa shape index (κ3) is 5.92. The SMILES string of the molecule is CC(C)(C)C(=O)Nc1ccc(NC(=O)c2ccc(CSc3ncn[nH]3)cc2)cc1. The number of nitrogens with one attached hydrogen (secondary N) is 3. The van der Waals surface area contributed by atoms with E-state index in [2.05, 4.69) is 25.8 Å². The summed E-state index contributed by atoms with van der Waals surface area (Å²) in [6.45, 7) is 5.57. The van der Waals surface area contributed by atoms with Crippen LogP contribution in [0.15, 0.2) is 60.0 Å². The van der Waals surface area contributed by atoms with Crippen LogP contribution < -0.4 is 10.6 Å². The van der Waals surface area contributed by atoms with Crippen molar-refractivity contribution < 1.29 is 9.59 Å². The molecule has 0 aliphatic carbocycles. The molecular formula is C21H23N5O2S. The summed E-state index contributed by atoms with van der Waals surface area (Å²) in [5, 5.41) is 13.1. The molecule has 0 aliphatic heterocycles. The zero-order chi connectivity index (χ0) is 20.9. The standard InChI is InChI=1S/C21H23N5O2S/c1-21(2,3)19(28)25-17-10-8-16(9-11-17)24-18(27)15-6-4-14(5-7-15)12-29-20-22-13-23-26-20/h4-11,13H,12H2,1-3H3,(H,24,27)(H,25,28)(H,22,23,26). The number of aromatic amines is 1. The molecule has 29 heavy (non-hydrogen) atoms. The molecule has 3 N–H and O–H groups in total. The number of benzene rings is 2. The number of anilines is 2. The molecule has 1 aromatic heterocycles. The summed E-state index contributed by atoms with van der Waals surface area (Å²) in [4.78, 5) is 28.6. The average Bonchev–Trinajstić information content (AvgIpc) is 3.21. The minimum Gasteiger partial charge on any atom is -0.326 e. The predicted molar refractivity (Wildman–Crippen MR) is 115 cm³/mol. The molecule has 3 aromatic rings. The Bertz CT molecular complexity index is 962. The molecule has 0 unspecified atom stereocenters. The van der Waals surface area contributed by atoms with Gasteiger partial charge in [0.25, 0.3) is 5.91 Å². The van der Waals surface area contributed by atoms with E-state index >= 15 is 0 Å². The number of aromatic nitrogens is 3. The minimum atomic E-state index is -0.466. The largest absolute Gasteiger partial charge is 0.326 e. The summed E-state index contributed by atoms with van der Waals surface area (Å²) >= 11 is 1.54. The average molecular weight is 410 g/mol. The fourth-order valence-electron chi connectivity index (χ4n) is 2.33. The fraction of sp³-hybridized carbons (Fsp3) is 0.238. The Morgan fingerprint density at radius 2 is 1.59 bits per heavy atom. The van der Waals surface area contributed by atoms with Crippen LogP contribution in [0.2, 0.25) is 0 Å². The topological polar surface area (TPSA) is 99.8 Å². The van der Waals surface area contributed by atoms with Gasteiger partial charge in [-0.15, -0.1) is 0 Å². The van der Waals surface area contributed by atoms with Gasteiger partial charge >= 0.3 is 0 Å². The van der Waals surface area contributed by atoms with Crippen molar-refractivity contribution in [2.75, 3.05) is 10.6 Å². The summed E-state index contributed by atoms with van der Waals surface area (Å²) in [6.07, 6.45) is 1.47. The summed E-state index contributed by atoms with van der Waals surface area (Å²) in [5.74, 6) is 0.487. The van der Waals surface area contributed by atoms with Crippen molar-refractivity contribution in [2.24, 2.45) is 5.41 Å². The molecule has 0 aliphatic rings. The quantitative estimate of drug-likeness (QED) is 0.526. The van der Waals surface area contributed by atoms with Gasteiger partial charge in [0.2, 0.25) is 5.91 Å². The van der Waals surface area contributed by atoms with Crippen LogP contribution in [0.1, 0.15) is 36.7 Å². The second kappa shape index (κ2) is 8.91. The molecule has 2 amide bonds. The Balaban J connectivity index is 1.55. The zero-order valence-electron chi connectivity index (χ0n) is 16.5. The molecule has 7 nitrogen and oxygen atoms in total. The van der Waals surface area contributed by atoms with Crippen LogP contribution in [0, 0.1) is 5.41 Å². The van der Waals surface area contributed by atoms with Crippen LogP contribution in [0.5, 0.6) is 0 Å². The molecule has 0 atom stereocenters. The van der Waals surface area contributed by atoms with E-state index in [-0.39, 0.29) is 11.8 Å². The first-order valence-electron chi connectivity index (χ1n) is 9.11. The van der Waals surface area contributed by atoms with E-state index in [9.17, 15) is 9.59 Å². The lowest BCUT2D eigenvalue weighted by Gasteiger charge is -2.17. The Morgan fingerprint density at radius 1 is 0.966 bits per heavy atom. The monoisotopic (exact) mass is 409 g/mol. The van der Waals surface area contributed by atoms with Crippen molar-refractivity contribution in [1.82, 2.24) is 15.2 Å². The highest BCUT2D eigenvalue weighted by molar-refractivity contribution is 7.98. The number of nitrogens with zero attached hydrogens (tertiary/aromatic N) is 2. The molecule has 0 spiro atoms. The molecule has 3 rings (SSSR count). The maximum atomic E-state index is 12.5. The number of carbonyl (C=O) groups is 2. The van der Waals surface area contributed by atoms with Crippen LogP contribution in [0.3, 0.4) is 0 Å². The predicted octanol–water partition coefficient (Wildman–Crippen LogP) is 4.33. The van der Waals surface area contributed by atoms with Crippen LogP contribution in [0.4, 0.5) is 11.4 Å².